The number of nitrogens with one attached hydrogen (secondary N) is 1. The highest BCUT2D eigenvalue weighted by Gasteiger charge is 2.00. The number of nitriles is 1. The van der Waals surface area contributed by atoms with Crippen LogP contribution >= 0.6 is 0 Å². The fourth-order valence-electron chi connectivity index (χ4n) is 0.861. The van der Waals surface area contributed by atoms with Gasteiger partial charge in [-0.25, -0.2) is 0 Å². The number of phenolic OH excluding ortho intramolecular Hbond substituents is 1. The summed E-state index contributed by atoms with van der Waals surface area (Å²) in [5, 5.41) is 19.7. The van der Waals surface area contributed by atoms with Crippen molar-refractivity contribution < 1.29 is 9.90 Å². The van der Waals surface area contributed by atoms with Gasteiger partial charge in [0.1, 0.15) is 12.2 Å². The van der Waals surface area contributed by atoms with Gasteiger partial charge >= 0.3 is 0 Å². The van der Waals surface area contributed by atoms with Crippen molar-refractivity contribution >= 4 is 11.6 Å². The maximum absolute atomic E-state index is 10.9. The highest BCUT2D eigenvalue weighted by atomic mass is 16.3. The quantitative estimate of drug-likeness (QED) is 0.712. The van der Waals surface area contributed by atoms with Crippen LogP contribution in [0.2, 0.25) is 0 Å². The molecule has 0 unspecified atom stereocenters. The van der Waals surface area contributed by atoms with Crippen molar-refractivity contribution in [3.05, 3.63) is 24.3 Å². The maximum atomic E-state index is 10.9. The third kappa shape index (κ3) is 2.83. The summed E-state index contributed by atoms with van der Waals surface area (Å²) in [6.45, 7) is 0. The average Bonchev–Trinajstić information content (AvgIpc) is 2.04. The Morgan fingerprint density at radius 3 is 3.00 bits per heavy atom. The van der Waals surface area contributed by atoms with Gasteiger partial charge in [0.05, 0.1) is 6.07 Å². The van der Waals surface area contributed by atoms with Crippen LogP contribution < -0.4 is 5.32 Å². The molecule has 66 valence electrons. The maximum Gasteiger partial charge on any atom is 0.238 e. The number of nitrogens with zero attached hydrogens (tertiary/aromatic N) is 1. The zero-order valence-corrected chi connectivity index (χ0v) is 6.82. The predicted molar refractivity (Wildman–Crippen MR) is 47.0 cm³/mol. The molecule has 4 nitrogen and oxygen atoms in total. The van der Waals surface area contributed by atoms with Crippen LogP contribution in [0.15, 0.2) is 24.3 Å². The van der Waals surface area contributed by atoms with Crippen molar-refractivity contribution in [1.82, 2.24) is 0 Å². The Morgan fingerprint density at radius 1 is 1.62 bits per heavy atom. The molecule has 0 saturated heterocycles. The molecule has 0 atom stereocenters. The lowest BCUT2D eigenvalue weighted by Crippen LogP contribution is -2.09. The molecule has 0 aliphatic rings. The van der Waals surface area contributed by atoms with Crippen LogP contribution in [0.25, 0.3) is 0 Å². The predicted octanol–water partition coefficient (Wildman–Crippen LogP) is 1.24. The van der Waals surface area contributed by atoms with E-state index in [2.05, 4.69) is 5.32 Å². The van der Waals surface area contributed by atoms with Crippen LogP contribution in [0.5, 0.6) is 5.75 Å². The number of amides is 1. The minimum Gasteiger partial charge on any atom is -0.508 e. The summed E-state index contributed by atoms with van der Waals surface area (Å²) in [4.78, 5) is 10.9. The van der Waals surface area contributed by atoms with E-state index in [-0.39, 0.29) is 18.1 Å². The molecule has 0 aromatic heterocycles. The van der Waals surface area contributed by atoms with E-state index in [4.69, 9.17) is 10.4 Å². The van der Waals surface area contributed by atoms with E-state index in [9.17, 15) is 4.79 Å². The number of phenols is 1. The van der Waals surface area contributed by atoms with Gasteiger partial charge in [0.25, 0.3) is 0 Å². The number of anilines is 1. The smallest absolute Gasteiger partial charge is 0.238 e. The molecular weight excluding hydrogens is 168 g/mol. The minimum absolute atomic E-state index is 0.0785. The first-order valence-electron chi connectivity index (χ1n) is 3.68. The summed E-state index contributed by atoms with van der Waals surface area (Å²) in [6, 6.07) is 7.88. The van der Waals surface area contributed by atoms with Crippen LogP contribution in [-0.4, -0.2) is 11.0 Å². The van der Waals surface area contributed by atoms with Crippen LogP contribution in [-0.2, 0) is 4.79 Å². The standard InChI is InChI=1S/C9H8N2O2/c10-5-4-9(13)11-7-2-1-3-8(12)6-7/h1-3,6,12H,4H2,(H,11,13). The van der Waals surface area contributed by atoms with E-state index >= 15 is 0 Å². The van der Waals surface area contributed by atoms with E-state index in [0.717, 1.165) is 0 Å². The molecule has 1 aromatic carbocycles. The topological polar surface area (TPSA) is 73.1 Å². The average molecular weight is 176 g/mol. The monoisotopic (exact) mass is 176 g/mol. The van der Waals surface area contributed by atoms with Gasteiger partial charge in [-0.1, -0.05) is 6.07 Å². The molecule has 0 spiro atoms. The number of carbonyl (C=O) groups is 1. The van der Waals surface area contributed by atoms with Gasteiger partial charge in [0, 0.05) is 11.8 Å². The summed E-state index contributed by atoms with van der Waals surface area (Å²) in [6.07, 6.45) is -0.185. The van der Waals surface area contributed by atoms with Crippen molar-refractivity contribution in [3.63, 3.8) is 0 Å². The van der Waals surface area contributed by atoms with Gasteiger partial charge in [-0.3, -0.25) is 4.79 Å². The second-order valence-corrected chi connectivity index (χ2v) is 2.43. The van der Waals surface area contributed by atoms with E-state index in [0.29, 0.717) is 5.69 Å². The molecule has 2 N–H and O–H groups in total. The van der Waals surface area contributed by atoms with Crippen molar-refractivity contribution in [1.29, 1.82) is 5.26 Å². The molecule has 13 heavy (non-hydrogen) atoms. The Bertz CT molecular complexity index is 355. The van der Waals surface area contributed by atoms with Gasteiger partial charge in [-0.15, -0.1) is 0 Å². The Hall–Kier alpha value is -2.02. The van der Waals surface area contributed by atoms with Crippen molar-refractivity contribution in [2.45, 2.75) is 6.42 Å². The lowest BCUT2D eigenvalue weighted by atomic mass is 10.3. The molecule has 0 saturated carbocycles. The highest BCUT2D eigenvalue weighted by molar-refractivity contribution is 5.92. The molecule has 0 aliphatic carbocycles. The molecule has 4 heteroatoms. The number of hydrogen-bond donors (Lipinski definition) is 2. The van der Waals surface area contributed by atoms with Gasteiger partial charge in [-0.05, 0) is 12.1 Å². The minimum atomic E-state index is -0.381. The fourth-order valence-corrected chi connectivity index (χ4v) is 0.861. The van der Waals surface area contributed by atoms with Gasteiger partial charge < -0.3 is 10.4 Å². The summed E-state index contributed by atoms with van der Waals surface area (Å²) < 4.78 is 0. The lowest BCUT2D eigenvalue weighted by molar-refractivity contribution is -0.115. The Kier molecular flexibility index (Phi) is 2.87. The molecule has 0 bridgehead atoms. The zero-order chi connectivity index (χ0) is 9.68. The first kappa shape index (κ1) is 9.07. The second-order valence-electron chi connectivity index (χ2n) is 2.43. The molecule has 0 radical (unpaired) electrons. The summed E-state index contributed by atoms with van der Waals surface area (Å²) in [7, 11) is 0. The summed E-state index contributed by atoms with van der Waals surface area (Å²) in [5.41, 5.74) is 0.486. The SMILES string of the molecule is N#CCC(=O)Nc1cccc(O)c1. The first-order chi connectivity index (χ1) is 6.22. The van der Waals surface area contributed by atoms with Gasteiger partial charge in [0.15, 0.2) is 0 Å². The Labute approximate surface area is 75.4 Å². The number of benzene rings is 1. The number of aromatic hydroxyl groups is 1. The molecule has 1 amide bonds. The Balaban J connectivity index is 2.65. The fraction of sp³-hybridized carbons (Fsp3) is 0.111. The molecule has 0 aliphatic heterocycles. The third-order valence-electron chi connectivity index (χ3n) is 1.37. The molecule has 1 rings (SSSR count). The number of carbonyl (C=O) groups excluding carboxylic acids is 1. The number of rotatable bonds is 2. The molecule has 0 fully saturated rings. The molecule has 0 heterocycles. The van der Waals surface area contributed by atoms with E-state index in [1.165, 1.54) is 12.1 Å². The first-order valence-corrected chi connectivity index (χ1v) is 3.68. The zero-order valence-electron chi connectivity index (χ0n) is 6.82. The lowest BCUT2D eigenvalue weighted by Gasteiger charge is -2.01. The van der Waals surface area contributed by atoms with Crippen molar-refractivity contribution in [2.24, 2.45) is 0 Å². The molecular formula is C9H8N2O2. The molecule has 1 aromatic rings. The van der Waals surface area contributed by atoms with Crippen molar-refractivity contribution in [2.75, 3.05) is 5.32 Å². The third-order valence-corrected chi connectivity index (χ3v) is 1.37. The summed E-state index contributed by atoms with van der Waals surface area (Å²) in [5.74, 6) is -0.303. The number of hydrogen-bond acceptors (Lipinski definition) is 3. The van der Waals surface area contributed by atoms with E-state index in [1.54, 1.807) is 18.2 Å². The van der Waals surface area contributed by atoms with Gasteiger partial charge in [0.2, 0.25) is 5.91 Å². The van der Waals surface area contributed by atoms with Crippen LogP contribution in [0, 0.1) is 11.3 Å². The van der Waals surface area contributed by atoms with Crippen LogP contribution in [0.3, 0.4) is 0 Å². The highest BCUT2D eigenvalue weighted by Crippen LogP contribution is 2.15. The van der Waals surface area contributed by atoms with E-state index < -0.39 is 0 Å². The normalized spacial score (nSPS) is 8.85. The summed E-state index contributed by atoms with van der Waals surface area (Å²) >= 11 is 0. The van der Waals surface area contributed by atoms with Crippen LogP contribution in [0.1, 0.15) is 6.42 Å². The Morgan fingerprint density at radius 2 is 2.38 bits per heavy atom. The van der Waals surface area contributed by atoms with E-state index in [1.807, 2.05) is 0 Å². The van der Waals surface area contributed by atoms with Gasteiger partial charge in [-0.2, -0.15) is 5.26 Å². The largest absolute Gasteiger partial charge is 0.508 e. The van der Waals surface area contributed by atoms with Crippen LogP contribution in [0.4, 0.5) is 5.69 Å². The van der Waals surface area contributed by atoms with Crippen molar-refractivity contribution in [3.8, 4) is 11.8 Å². The second kappa shape index (κ2) is 4.12.